The highest BCUT2D eigenvalue weighted by Gasteiger charge is 2.34. The van der Waals surface area contributed by atoms with E-state index in [1.807, 2.05) is 0 Å². The molecule has 0 aliphatic carbocycles. The van der Waals surface area contributed by atoms with Crippen molar-refractivity contribution in [2.75, 3.05) is 12.3 Å². The molecule has 0 fully saturated rings. The molecular formula is C26H23ClF3N5O3S. The van der Waals surface area contributed by atoms with E-state index in [-0.39, 0.29) is 41.6 Å². The summed E-state index contributed by atoms with van der Waals surface area (Å²) in [6.07, 6.45) is 2.89. The van der Waals surface area contributed by atoms with Crippen LogP contribution in [0, 0.1) is 11.6 Å². The van der Waals surface area contributed by atoms with E-state index >= 15 is 4.39 Å². The largest absolute Gasteiger partial charge is 0.485 e. The topological polar surface area (TPSA) is 102 Å². The Hall–Kier alpha value is -3.22. The van der Waals surface area contributed by atoms with E-state index < -0.39 is 56.9 Å². The van der Waals surface area contributed by atoms with Gasteiger partial charge in [-0.3, -0.25) is 19.3 Å². The van der Waals surface area contributed by atoms with Gasteiger partial charge in [-0.15, -0.1) is 0 Å². The van der Waals surface area contributed by atoms with Crippen molar-refractivity contribution in [1.82, 2.24) is 19.5 Å². The second kappa shape index (κ2) is 10.7. The maximum Gasteiger partial charge on any atom is 0.277 e. The summed E-state index contributed by atoms with van der Waals surface area (Å²) in [5.74, 6) is -2.82. The van der Waals surface area contributed by atoms with Gasteiger partial charge in [0.05, 0.1) is 32.1 Å². The summed E-state index contributed by atoms with van der Waals surface area (Å²) < 4.78 is 66.8. The highest BCUT2D eigenvalue weighted by molar-refractivity contribution is 8.00. The van der Waals surface area contributed by atoms with Gasteiger partial charge in [0.1, 0.15) is 40.2 Å². The Morgan fingerprint density at radius 2 is 2.10 bits per heavy atom. The van der Waals surface area contributed by atoms with Crippen LogP contribution < -0.4 is 10.3 Å². The molecule has 0 unspecified atom stereocenters. The summed E-state index contributed by atoms with van der Waals surface area (Å²) in [5, 5.41) is 9.21. The predicted molar refractivity (Wildman–Crippen MR) is 142 cm³/mol. The molecule has 0 bridgehead atoms. The number of nitrogens with zero attached hydrogens (tertiary/aromatic N) is 5. The minimum atomic E-state index is -2.92. The summed E-state index contributed by atoms with van der Waals surface area (Å²) in [6.45, 7) is 0.189. The number of hydrogen-bond donors (Lipinski definition) is 1. The lowest BCUT2D eigenvalue weighted by molar-refractivity contribution is 0.0686. The Bertz CT molecular complexity index is 1660. The van der Waals surface area contributed by atoms with E-state index in [2.05, 4.69) is 19.9 Å². The van der Waals surface area contributed by atoms with Gasteiger partial charge in [-0.1, -0.05) is 11.6 Å². The quantitative estimate of drug-likeness (QED) is 0.476. The van der Waals surface area contributed by atoms with E-state index in [9.17, 15) is 18.7 Å². The van der Waals surface area contributed by atoms with E-state index in [1.165, 1.54) is 43.9 Å². The molecule has 3 aromatic heterocycles. The Kier molecular flexibility index (Phi) is 6.83. The van der Waals surface area contributed by atoms with E-state index in [0.29, 0.717) is 24.4 Å². The van der Waals surface area contributed by atoms with Gasteiger partial charge in [-0.25, -0.2) is 23.1 Å². The van der Waals surface area contributed by atoms with Crippen molar-refractivity contribution in [3.05, 3.63) is 86.3 Å². The number of fused-ring (bicyclic) bond motifs is 3. The van der Waals surface area contributed by atoms with Gasteiger partial charge in [0, 0.05) is 24.0 Å². The first kappa shape index (κ1) is 24.8. The average molecular weight is 580 g/mol. The first-order chi connectivity index (χ1) is 19.3. The maximum atomic E-state index is 16.3. The number of rotatable bonds is 5. The lowest BCUT2D eigenvalue weighted by atomic mass is 10.1. The summed E-state index contributed by atoms with van der Waals surface area (Å²) in [5.41, 5.74) is -2.81. The molecular weight excluding hydrogens is 555 g/mol. The summed E-state index contributed by atoms with van der Waals surface area (Å²) in [6, 6.07) is 3.21. The highest BCUT2D eigenvalue weighted by atomic mass is 35.5. The number of halogens is 4. The molecule has 0 aromatic carbocycles. The fraction of sp³-hybridized carbons (Fsp3) is 0.346. The summed E-state index contributed by atoms with van der Waals surface area (Å²) >= 11 is 7.79. The third kappa shape index (κ3) is 5.45. The standard InChI is InChI=1S/C26H23ClF3N5O3S/c1-26(2,37)25-31-6-5-16(34-25)22-21(30)23-19(11-33-22)39-7-3-4-14-9-18(20(27)24(36)35(14)23)38-12-17-15(29)8-13(28)10-32-17/h5-6,8-10,19,37H,3-4,7,11-12H2,1-2H3/t19-/m0/s1/i12D2. The number of hydrogen-bond acceptors (Lipinski definition) is 8. The Labute approximate surface area is 233 Å². The molecule has 3 aromatic rings. The zero-order valence-corrected chi connectivity index (χ0v) is 22.3. The number of aryl methyl sites for hydroxylation is 1. The van der Waals surface area contributed by atoms with Crippen molar-refractivity contribution >= 4 is 34.8 Å². The molecule has 2 aliphatic rings. The second-order valence-electron chi connectivity index (χ2n) is 9.32. The first-order valence-electron chi connectivity index (χ1n) is 12.9. The van der Waals surface area contributed by atoms with Crippen molar-refractivity contribution in [1.29, 1.82) is 0 Å². The number of allylic oxidation sites excluding steroid dienone is 1. The van der Waals surface area contributed by atoms with Crippen LogP contribution in [0.15, 0.2) is 46.2 Å². The third-order valence-electron chi connectivity index (χ3n) is 5.99. The molecule has 0 spiro atoms. The normalized spacial score (nSPS) is 18.7. The van der Waals surface area contributed by atoms with Crippen LogP contribution in [-0.2, 0) is 18.6 Å². The summed E-state index contributed by atoms with van der Waals surface area (Å²) in [4.78, 5) is 29.8. The van der Waals surface area contributed by atoms with Crippen LogP contribution in [0.1, 0.15) is 45.9 Å². The van der Waals surface area contributed by atoms with Crippen LogP contribution in [0.5, 0.6) is 5.75 Å². The smallest absolute Gasteiger partial charge is 0.277 e. The minimum absolute atomic E-state index is 0.00540. The zero-order valence-electron chi connectivity index (χ0n) is 22.7. The number of pyridine rings is 2. The van der Waals surface area contributed by atoms with Gasteiger partial charge in [-0.2, -0.15) is 11.8 Å². The van der Waals surface area contributed by atoms with Crippen LogP contribution in [0.4, 0.5) is 13.2 Å². The molecule has 0 radical (unpaired) electrons. The third-order valence-corrected chi connectivity index (χ3v) is 7.64. The lowest BCUT2D eigenvalue weighted by Crippen LogP contribution is -2.34. The number of aliphatic imine (C=N–C) groups is 1. The molecule has 5 heterocycles. The molecule has 0 saturated heterocycles. The number of ether oxygens (including phenoxy) is 1. The van der Waals surface area contributed by atoms with E-state index in [0.717, 1.165) is 4.57 Å². The van der Waals surface area contributed by atoms with E-state index in [4.69, 9.17) is 19.1 Å². The first-order valence-corrected chi connectivity index (χ1v) is 13.3. The summed E-state index contributed by atoms with van der Waals surface area (Å²) in [7, 11) is 0. The van der Waals surface area contributed by atoms with Crippen molar-refractivity contribution in [3.8, 4) is 5.75 Å². The van der Waals surface area contributed by atoms with Crippen molar-refractivity contribution in [2.24, 2.45) is 4.99 Å². The second-order valence-corrected chi connectivity index (χ2v) is 11.0. The molecule has 39 heavy (non-hydrogen) atoms. The van der Waals surface area contributed by atoms with Crippen molar-refractivity contribution < 1.29 is 25.8 Å². The van der Waals surface area contributed by atoms with Crippen molar-refractivity contribution in [2.45, 2.75) is 44.1 Å². The number of aliphatic hydroxyl groups is 1. The molecule has 1 N–H and O–H groups in total. The maximum absolute atomic E-state index is 16.3. The van der Waals surface area contributed by atoms with Gasteiger partial charge in [0.25, 0.3) is 5.56 Å². The Morgan fingerprint density at radius 3 is 2.85 bits per heavy atom. The monoisotopic (exact) mass is 579 g/mol. The minimum Gasteiger partial charge on any atom is -0.485 e. The van der Waals surface area contributed by atoms with Gasteiger partial charge >= 0.3 is 0 Å². The Balaban J connectivity index is 1.62. The van der Waals surface area contributed by atoms with Crippen LogP contribution in [-0.4, -0.2) is 47.9 Å². The SMILES string of the molecule is [2H]C([2H])(Oc1cc2n(c(=O)c1Cl)C1=C(F)C(c3ccnc(C(C)(C)O)n3)=NC[C@@H]1SCCC2)c1ncc(F)cc1F. The van der Waals surface area contributed by atoms with E-state index in [1.54, 1.807) is 0 Å². The highest BCUT2D eigenvalue weighted by Crippen LogP contribution is 2.37. The van der Waals surface area contributed by atoms with Crippen molar-refractivity contribution in [3.63, 3.8) is 0 Å². The molecule has 2 aliphatic heterocycles. The van der Waals surface area contributed by atoms with Crippen LogP contribution in [0.3, 0.4) is 0 Å². The zero-order chi connectivity index (χ0) is 29.7. The van der Waals surface area contributed by atoms with Gasteiger partial charge in [0.15, 0.2) is 17.5 Å². The van der Waals surface area contributed by atoms with Gasteiger partial charge < -0.3 is 9.84 Å². The predicted octanol–water partition coefficient (Wildman–Crippen LogP) is 4.46. The van der Waals surface area contributed by atoms with Gasteiger partial charge in [0.2, 0.25) is 0 Å². The van der Waals surface area contributed by atoms with Crippen LogP contribution in [0.25, 0.3) is 5.70 Å². The van der Waals surface area contributed by atoms with Gasteiger partial charge in [-0.05, 0) is 38.5 Å². The molecule has 8 nitrogen and oxygen atoms in total. The molecule has 0 amide bonds. The van der Waals surface area contributed by atoms with Crippen LogP contribution in [0.2, 0.25) is 5.02 Å². The molecule has 204 valence electrons. The molecule has 13 heteroatoms. The fourth-order valence-electron chi connectivity index (χ4n) is 4.15. The molecule has 0 saturated carbocycles. The number of dihydropyridines is 1. The Morgan fingerprint density at radius 1 is 1.31 bits per heavy atom. The fourth-order valence-corrected chi connectivity index (χ4v) is 5.47. The lowest BCUT2D eigenvalue weighted by Gasteiger charge is -2.29. The van der Waals surface area contributed by atoms with Crippen LogP contribution >= 0.6 is 23.4 Å². The molecule has 5 rings (SSSR count). The average Bonchev–Trinajstić information content (AvgIpc) is 2.88. The molecule has 1 atom stereocenters. The number of thioether (sulfide) groups is 1. The number of aromatic nitrogens is 4.